The predicted molar refractivity (Wildman–Crippen MR) is 142 cm³/mol. The summed E-state index contributed by atoms with van der Waals surface area (Å²) >= 11 is 0. The van der Waals surface area contributed by atoms with Gasteiger partial charge < -0.3 is 42.1 Å². The Balaban J connectivity index is 2.22. The van der Waals surface area contributed by atoms with Crippen molar-refractivity contribution in [3.8, 4) is 11.5 Å². The van der Waals surface area contributed by atoms with Gasteiger partial charge in [-0.15, -0.1) is 0 Å². The first-order valence-electron chi connectivity index (χ1n) is 12.4. The zero-order chi connectivity index (χ0) is 30.0. The monoisotopic (exact) mass is 558 g/mol. The van der Waals surface area contributed by atoms with Gasteiger partial charge in [0.15, 0.2) is 0 Å². The minimum atomic E-state index is -1.71. The quantitative estimate of drug-likeness (QED) is 0.153. The molecule has 2 rings (SSSR count). The number of carboxylic acid groups (broad SMARTS) is 2. The number of aliphatic carboxylic acids is 2. The first-order valence-corrected chi connectivity index (χ1v) is 12.4. The summed E-state index contributed by atoms with van der Waals surface area (Å²) in [7, 11) is 0. The summed E-state index contributed by atoms with van der Waals surface area (Å²) in [6, 6.07) is 6.76. The molecule has 0 aliphatic carbocycles. The third-order valence-corrected chi connectivity index (χ3v) is 5.98. The highest BCUT2D eigenvalue weighted by Gasteiger charge is 2.32. The third-order valence-electron chi connectivity index (χ3n) is 5.98. The Morgan fingerprint density at radius 3 is 1.62 bits per heavy atom. The van der Waals surface area contributed by atoms with Gasteiger partial charge in [-0.05, 0) is 47.7 Å². The van der Waals surface area contributed by atoms with Crippen LogP contribution in [0.5, 0.6) is 11.5 Å². The van der Waals surface area contributed by atoms with Crippen molar-refractivity contribution >= 4 is 29.7 Å². The van der Waals surface area contributed by atoms with Crippen LogP contribution in [0.1, 0.15) is 31.4 Å². The lowest BCUT2D eigenvalue weighted by atomic mass is 9.99. The summed E-state index contributed by atoms with van der Waals surface area (Å²) in [5, 5.41) is 44.5. The van der Waals surface area contributed by atoms with E-state index in [1.807, 2.05) is 0 Å². The van der Waals surface area contributed by atoms with Crippen LogP contribution in [0.4, 0.5) is 0 Å². The van der Waals surface area contributed by atoms with E-state index in [1.165, 1.54) is 24.3 Å². The third kappa shape index (κ3) is 9.91. The van der Waals surface area contributed by atoms with Crippen molar-refractivity contribution in [2.75, 3.05) is 0 Å². The van der Waals surface area contributed by atoms with Gasteiger partial charge in [0, 0.05) is 6.42 Å². The molecule has 0 heterocycles. The normalized spacial score (nSPS) is 13.9. The Morgan fingerprint density at radius 1 is 0.700 bits per heavy atom. The molecule has 13 heteroatoms. The molecule has 4 unspecified atom stereocenters. The van der Waals surface area contributed by atoms with Gasteiger partial charge in [0.05, 0.1) is 12.5 Å². The number of carbonyl (C=O) groups excluding carboxylic acids is 3. The number of amides is 3. The van der Waals surface area contributed by atoms with Crippen LogP contribution in [0.2, 0.25) is 0 Å². The molecule has 0 saturated heterocycles. The van der Waals surface area contributed by atoms with Gasteiger partial charge in [0.25, 0.3) is 0 Å². The summed E-state index contributed by atoms with van der Waals surface area (Å²) in [6.45, 7) is 3.19. The fraction of sp³-hybridized carbons (Fsp3) is 0.370. The maximum Gasteiger partial charge on any atom is 0.326 e. The second kappa shape index (κ2) is 14.5. The van der Waals surface area contributed by atoms with Gasteiger partial charge >= 0.3 is 11.9 Å². The van der Waals surface area contributed by atoms with Crippen molar-refractivity contribution in [2.24, 2.45) is 11.7 Å². The lowest BCUT2D eigenvalue weighted by Crippen LogP contribution is -2.59. The molecule has 0 aliphatic rings. The van der Waals surface area contributed by atoms with E-state index in [4.69, 9.17) is 10.8 Å². The number of hydrogen-bond acceptors (Lipinski definition) is 8. The van der Waals surface area contributed by atoms with Gasteiger partial charge in [-0.3, -0.25) is 19.2 Å². The number of nitrogens with two attached hydrogens (primary N) is 1. The molecule has 0 spiro atoms. The Kier molecular flexibility index (Phi) is 11.4. The lowest BCUT2D eigenvalue weighted by molar-refractivity contribution is -0.147. The lowest BCUT2D eigenvalue weighted by Gasteiger charge is -2.27. The molecule has 2 aromatic rings. The van der Waals surface area contributed by atoms with Crippen LogP contribution in [-0.2, 0) is 36.8 Å². The highest BCUT2D eigenvalue weighted by molar-refractivity contribution is 5.95. The van der Waals surface area contributed by atoms with Gasteiger partial charge in [-0.2, -0.15) is 0 Å². The summed E-state index contributed by atoms with van der Waals surface area (Å²) in [5.41, 5.74) is 7.31. The largest absolute Gasteiger partial charge is 0.508 e. The molecule has 216 valence electrons. The van der Waals surface area contributed by atoms with Crippen molar-refractivity contribution in [1.82, 2.24) is 16.0 Å². The molecule has 40 heavy (non-hydrogen) atoms. The number of aromatic hydroxyl groups is 2. The number of rotatable bonds is 14. The van der Waals surface area contributed by atoms with Crippen LogP contribution >= 0.6 is 0 Å². The summed E-state index contributed by atoms with van der Waals surface area (Å²) in [4.78, 5) is 61.5. The summed E-state index contributed by atoms with van der Waals surface area (Å²) < 4.78 is 0. The molecule has 0 aliphatic heterocycles. The molecular formula is C27H34N4O9. The van der Waals surface area contributed by atoms with Gasteiger partial charge in [-0.25, -0.2) is 4.79 Å². The van der Waals surface area contributed by atoms with Gasteiger partial charge in [0.2, 0.25) is 17.7 Å². The van der Waals surface area contributed by atoms with Crippen LogP contribution in [0.25, 0.3) is 0 Å². The van der Waals surface area contributed by atoms with Crippen LogP contribution in [-0.4, -0.2) is 74.3 Å². The fourth-order valence-electron chi connectivity index (χ4n) is 3.76. The minimum absolute atomic E-state index is 0.00408. The highest BCUT2D eigenvalue weighted by Crippen LogP contribution is 2.14. The molecule has 0 bridgehead atoms. The number of nitrogens with one attached hydrogen (secondary N) is 3. The number of phenolic OH excluding ortho intramolecular Hbond substituents is 2. The molecule has 2 aromatic carbocycles. The predicted octanol–water partition coefficient (Wildman–Crippen LogP) is -0.120. The van der Waals surface area contributed by atoms with Gasteiger partial charge in [0.1, 0.15) is 29.6 Å². The van der Waals surface area contributed by atoms with Crippen LogP contribution in [0, 0.1) is 5.92 Å². The van der Waals surface area contributed by atoms with Crippen molar-refractivity contribution in [2.45, 2.75) is 57.3 Å². The average molecular weight is 559 g/mol. The number of benzene rings is 2. The second-order valence-electron chi connectivity index (χ2n) is 9.64. The molecule has 9 N–H and O–H groups in total. The van der Waals surface area contributed by atoms with E-state index in [-0.39, 0.29) is 24.3 Å². The Morgan fingerprint density at radius 2 is 1.18 bits per heavy atom. The molecule has 4 atom stereocenters. The van der Waals surface area contributed by atoms with E-state index in [9.17, 15) is 39.3 Å². The van der Waals surface area contributed by atoms with E-state index in [0.29, 0.717) is 11.1 Å². The maximum absolute atomic E-state index is 13.4. The number of carbonyl (C=O) groups is 5. The zero-order valence-corrected chi connectivity index (χ0v) is 22.0. The van der Waals surface area contributed by atoms with E-state index < -0.39 is 66.2 Å². The van der Waals surface area contributed by atoms with E-state index in [1.54, 1.807) is 38.1 Å². The molecule has 3 amide bonds. The Hall–Kier alpha value is -4.65. The van der Waals surface area contributed by atoms with Gasteiger partial charge in [-0.1, -0.05) is 38.1 Å². The van der Waals surface area contributed by atoms with Crippen LogP contribution < -0.4 is 21.7 Å². The topological polar surface area (TPSA) is 228 Å². The summed E-state index contributed by atoms with van der Waals surface area (Å²) in [6.07, 6.45) is -0.790. The molecule has 0 saturated carbocycles. The standard InChI is InChI=1S/C27H34N4O9/c1-14(2)23(26(38)30-21(27(39)40)13-22(34)35)31-25(37)20(12-16-5-9-18(33)10-6-16)29-24(36)19(28)11-15-3-7-17(32)8-4-15/h3-10,14,19-21,23,32-33H,11-13,28H2,1-2H3,(H,29,36)(H,30,38)(H,31,37)(H,34,35)(H,39,40). The van der Waals surface area contributed by atoms with Crippen molar-refractivity contribution in [3.63, 3.8) is 0 Å². The fourth-order valence-corrected chi connectivity index (χ4v) is 3.76. The molecule has 0 fully saturated rings. The smallest absolute Gasteiger partial charge is 0.326 e. The highest BCUT2D eigenvalue weighted by atomic mass is 16.4. The van der Waals surface area contributed by atoms with E-state index >= 15 is 0 Å². The van der Waals surface area contributed by atoms with Crippen LogP contribution in [0.15, 0.2) is 48.5 Å². The Labute approximate surface area is 230 Å². The first kappa shape index (κ1) is 31.6. The number of carboxylic acids is 2. The molecular weight excluding hydrogens is 524 g/mol. The molecule has 0 aromatic heterocycles. The second-order valence-corrected chi connectivity index (χ2v) is 9.64. The average Bonchev–Trinajstić information content (AvgIpc) is 2.88. The SMILES string of the molecule is CC(C)C(NC(=O)C(Cc1ccc(O)cc1)NC(=O)C(N)Cc1ccc(O)cc1)C(=O)NC(CC(=O)O)C(=O)O. The van der Waals surface area contributed by atoms with Crippen molar-refractivity contribution in [3.05, 3.63) is 59.7 Å². The Bertz CT molecular complexity index is 1200. The number of phenols is 2. The van der Waals surface area contributed by atoms with Crippen molar-refractivity contribution in [1.29, 1.82) is 0 Å². The van der Waals surface area contributed by atoms with Crippen molar-refractivity contribution < 1.29 is 44.4 Å². The van der Waals surface area contributed by atoms with Crippen LogP contribution in [0.3, 0.4) is 0 Å². The van der Waals surface area contributed by atoms with E-state index in [2.05, 4.69) is 16.0 Å². The molecule has 0 radical (unpaired) electrons. The molecule has 13 nitrogen and oxygen atoms in total. The van der Waals surface area contributed by atoms with E-state index in [0.717, 1.165) is 0 Å². The summed E-state index contributed by atoms with van der Waals surface area (Å²) in [5.74, 6) is -5.81. The number of hydrogen-bond donors (Lipinski definition) is 8. The maximum atomic E-state index is 13.4. The first-order chi connectivity index (χ1) is 18.8. The zero-order valence-electron chi connectivity index (χ0n) is 22.0. The minimum Gasteiger partial charge on any atom is -0.508 e.